The van der Waals surface area contributed by atoms with Crippen LogP contribution in [0, 0.1) is 25.7 Å². The van der Waals surface area contributed by atoms with Crippen molar-refractivity contribution in [3.63, 3.8) is 0 Å². The summed E-state index contributed by atoms with van der Waals surface area (Å²) in [5.74, 6) is 1.03. The van der Waals surface area contributed by atoms with E-state index >= 15 is 0 Å². The summed E-state index contributed by atoms with van der Waals surface area (Å²) < 4.78 is 7.42. The predicted molar refractivity (Wildman–Crippen MR) is 78.5 cm³/mol. The van der Waals surface area contributed by atoms with Crippen molar-refractivity contribution in [3.8, 4) is 5.13 Å². The molecule has 0 saturated heterocycles. The minimum atomic E-state index is -0.222. The maximum absolute atomic E-state index is 12.2. The van der Waals surface area contributed by atoms with E-state index in [4.69, 9.17) is 4.74 Å². The number of esters is 1. The van der Waals surface area contributed by atoms with Crippen LogP contribution in [0.5, 0.6) is 0 Å². The third-order valence-corrected chi connectivity index (χ3v) is 4.72. The Hall–Kier alpha value is -1.62. The van der Waals surface area contributed by atoms with E-state index in [1.165, 1.54) is 6.42 Å². The van der Waals surface area contributed by atoms with Gasteiger partial charge >= 0.3 is 5.97 Å². The van der Waals surface area contributed by atoms with Crippen molar-refractivity contribution in [1.82, 2.24) is 9.55 Å². The average Bonchev–Trinajstić information content (AvgIpc) is 2.79. The largest absolute Gasteiger partial charge is 0.462 e. The van der Waals surface area contributed by atoms with Crippen LogP contribution >= 0.6 is 11.3 Å². The fourth-order valence-corrected chi connectivity index (χ4v) is 3.23. The van der Waals surface area contributed by atoms with Gasteiger partial charge in [0, 0.05) is 23.0 Å². The van der Waals surface area contributed by atoms with Crippen LogP contribution in [0.25, 0.3) is 5.13 Å². The molecule has 0 radical (unpaired) electrons. The Kier molecular flexibility index (Phi) is 3.38. The van der Waals surface area contributed by atoms with Gasteiger partial charge in [0.15, 0.2) is 5.13 Å². The Labute approximate surface area is 122 Å². The molecule has 2 atom stereocenters. The Morgan fingerprint density at radius 3 is 2.90 bits per heavy atom. The van der Waals surface area contributed by atoms with Crippen molar-refractivity contribution in [3.05, 3.63) is 34.6 Å². The molecule has 3 rings (SSSR count). The van der Waals surface area contributed by atoms with E-state index in [9.17, 15) is 4.79 Å². The summed E-state index contributed by atoms with van der Waals surface area (Å²) in [6.45, 7) is 6.65. The maximum atomic E-state index is 12.2. The standard InChI is InChI=1S/C15H18N2O2S/c1-9-6-12(9)8-19-14(18)13-7-10(2)17(11(13)3)15-16-4-5-20-15/h4-5,7,9,12H,6,8H2,1-3H3. The van der Waals surface area contributed by atoms with Crippen LogP contribution in [-0.2, 0) is 4.74 Å². The normalized spacial score (nSPS) is 20.9. The number of thiazole rings is 1. The zero-order valence-corrected chi connectivity index (χ0v) is 12.7. The fourth-order valence-electron chi connectivity index (χ4n) is 2.48. The van der Waals surface area contributed by atoms with Crippen LogP contribution in [0.3, 0.4) is 0 Å². The summed E-state index contributed by atoms with van der Waals surface area (Å²) >= 11 is 1.56. The lowest BCUT2D eigenvalue weighted by Crippen LogP contribution is -2.09. The van der Waals surface area contributed by atoms with Crippen LogP contribution in [-0.4, -0.2) is 22.1 Å². The van der Waals surface area contributed by atoms with Crippen molar-refractivity contribution >= 4 is 17.3 Å². The minimum absolute atomic E-state index is 0.222. The molecule has 5 heteroatoms. The van der Waals surface area contributed by atoms with E-state index in [-0.39, 0.29) is 5.97 Å². The molecule has 1 fully saturated rings. The first kappa shape index (κ1) is 13.4. The Bertz CT molecular complexity index is 631. The molecule has 0 spiro atoms. The SMILES string of the molecule is Cc1cc(C(=O)OCC2CC2C)c(C)n1-c1nccs1. The number of aromatic nitrogens is 2. The van der Waals surface area contributed by atoms with E-state index in [0.29, 0.717) is 24.0 Å². The number of nitrogens with zero attached hydrogens (tertiary/aromatic N) is 2. The van der Waals surface area contributed by atoms with Crippen LogP contribution in [0.15, 0.2) is 17.6 Å². The molecular formula is C15H18N2O2S. The highest BCUT2D eigenvalue weighted by molar-refractivity contribution is 7.12. The number of ether oxygens (including phenoxy) is 1. The lowest BCUT2D eigenvalue weighted by molar-refractivity contribution is 0.0480. The second kappa shape index (κ2) is 5.05. The predicted octanol–water partition coefficient (Wildman–Crippen LogP) is 3.36. The molecule has 106 valence electrons. The second-order valence-electron chi connectivity index (χ2n) is 5.51. The molecule has 0 aromatic carbocycles. The Morgan fingerprint density at radius 1 is 1.55 bits per heavy atom. The number of carbonyl (C=O) groups is 1. The van der Waals surface area contributed by atoms with Crippen LogP contribution in [0.2, 0.25) is 0 Å². The quantitative estimate of drug-likeness (QED) is 0.811. The van der Waals surface area contributed by atoms with Gasteiger partial charge in [-0.15, -0.1) is 11.3 Å². The molecular weight excluding hydrogens is 272 g/mol. The van der Waals surface area contributed by atoms with Gasteiger partial charge in [0.25, 0.3) is 0 Å². The Morgan fingerprint density at radius 2 is 2.30 bits per heavy atom. The summed E-state index contributed by atoms with van der Waals surface area (Å²) in [4.78, 5) is 16.5. The van der Waals surface area contributed by atoms with Crippen molar-refractivity contribution < 1.29 is 9.53 Å². The molecule has 0 amide bonds. The summed E-state index contributed by atoms with van der Waals surface area (Å²) in [7, 11) is 0. The van der Waals surface area contributed by atoms with Crippen molar-refractivity contribution in [2.24, 2.45) is 11.8 Å². The van der Waals surface area contributed by atoms with Gasteiger partial charge in [-0.1, -0.05) is 6.92 Å². The zero-order valence-electron chi connectivity index (χ0n) is 11.9. The van der Waals surface area contributed by atoms with E-state index in [1.807, 2.05) is 29.9 Å². The number of rotatable bonds is 4. The number of carbonyl (C=O) groups excluding carboxylic acids is 1. The third kappa shape index (κ3) is 2.38. The van der Waals surface area contributed by atoms with Gasteiger partial charge in [-0.25, -0.2) is 9.78 Å². The van der Waals surface area contributed by atoms with Crippen LogP contribution in [0.4, 0.5) is 0 Å². The maximum Gasteiger partial charge on any atom is 0.339 e. The molecule has 1 aliphatic rings. The fraction of sp³-hybridized carbons (Fsp3) is 0.467. The summed E-state index contributed by atoms with van der Waals surface area (Å²) in [6.07, 6.45) is 2.94. The van der Waals surface area contributed by atoms with Gasteiger partial charge < -0.3 is 4.74 Å². The molecule has 0 bridgehead atoms. The van der Waals surface area contributed by atoms with Gasteiger partial charge in [0.2, 0.25) is 0 Å². The second-order valence-corrected chi connectivity index (χ2v) is 6.38. The summed E-state index contributed by atoms with van der Waals surface area (Å²) in [6, 6.07) is 1.88. The molecule has 2 heterocycles. The molecule has 20 heavy (non-hydrogen) atoms. The van der Waals surface area contributed by atoms with E-state index in [2.05, 4.69) is 11.9 Å². The van der Waals surface area contributed by atoms with Gasteiger partial charge in [-0.3, -0.25) is 4.57 Å². The highest BCUT2D eigenvalue weighted by Crippen LogP contribution is 2.37. The molecule has 2 unspecified atom stereocenters. The first-order valence-electron chi connectivity index (χ1n) is 6.84. The van der Waals surface area contributed by atoms with Gasteiger partial charge in [-0.2, -0.15) is 0 Å². The van der Waals surface area contributed by atoms with Gasteiger partial charge in [-0.05, 0) is 38.2 Å². The van der Waals surface area contributed by atoms with E-state index in [1.54, 1.807) is 17.5 Å². The van der Waals surface area contributed by atoms with Crippen molar-refractivity contribution in [1.29, 1.82) is 0 Å². The first-order chi connectivity index (χ1) is 9.58. The molecule has 2 aromatic heterocycles. The molecule has 0 aliphatic heterocycles. The number of hydrogen-bond donors (Lipinski definition) is 0. The minimum Gasteiger partial charge on any atom is -0.462 e. The highest BCUT2D eigenvalue weighted by Gasteiger charge is 2.34. The summed E-state index contributed by atoms with van der Waals surface area (Å²) in [5, 5.41) is 2.82. The molecule has 0 N–H and O–H groups in total. The van der Waals surface area contributed by atoms with Gasteiger partial charge in [0.05, 0.1) is 12.2 Å². The summed E-state index contributed by atoms with van der Waals surface area (Å²) in [5.41, 5.74) is 2.54. The first-order valence-corrected chi connectivity index (χ1v) is 7.72. The van der Waals surface area contributed by atoms with Crippen LogP contribution in [0.1, 0.15) is 35.1 Å². The van der Waals surface area contributed by atoms with Gasteiger partial charge in [0.1, 0.15) is 0 Å². The van der Waals surface area contributed by atoms with E-state index < -0.39 is 0 Å². The van der Waals surface area contributed by atoms with Crippen LogP contribution < -0.4 is 0 Å². The lowest BCUT2D eigenvalue weighted by Gasteiger charge is -2.06. The zero-order chi connectivity index (χ0) is 14.3. The molecule has 2 aromatic rings. The highest BCUT2D eigenvalue weighted by atomic mass is 32.1. The monoisotopic (exact) mass is 290 g/mol. The number of aryl methyl sites for hydroxylation is 1. The topological polar surface area (TPSA) is 44.1 Å². The van der Waals surface area contributed by atoms with E-state index in [0.717, 1.165) is 16.5 Å². The lowest BCUT2D eigenvalue weighted by atomic mass is 10.2. The van der Waals surface area contributed by atoms with Crippen molar-refractivity contribution in [2.75, 3.05) is 6.61 Å². The Balaban J connectivity index is 1.80. The smallest absolute Gasteiger partial charge is 0.339 e. The average molecular weight is 290 g/mol. The molecule has 1 aliphatic carbocycles. The third-order valence-electron chi connectivity index (χ3n) is 3.97. The number of hydrogen-bond acceptors (Lipinski definition) is 4. The molecule has 1 saturated carbocycles. The van der Waals surface area contributed by atoms with Crippen molar-refractivity contribution in [2.45, 2.75) is 27.2 Å². The molecule has 4 nitrogen and oxygen atoms in total.